The molecule has 6 nitrogen and oxygen atoms in total. The number of carbonyl (C=O) groups excluding carboxylic acids is 3. The third-order valence-corrected chi connectivity index (χ3v) is 5.45. The second kappa shape index (κ2) is 9.03. The molecule has 0 bridgehead atoms. The summed E-state index contributed by atoms with van der Waals surface area (Å²) in [6, 6.07) is 9.89. The van der Waals surface area contributed by atoms with Crippen LogP contribution in [0.15, 0.2) is 36.4 Å². The molecule has 29 heavy (non-hydrogen) atoms. The molecule has 0 saturated carbocycles. The van der Waals surface area contributed by atoms with Crippen LogP contribution in [0.25, 0.3) is 0 Å². The highest BCUT2D eigenvalue weighted by molar-refractivity contribution is 6.35. The summed E-state index contributed by atoms with van der Waals surface area (Å²) in [5.74, 6) is -2.05. The van der Waals surface area contributed by atoms with Crippen LogP contribution < -0.4 is 10.2 Å². The Hall–Kier alpha value is -2.28. The summed E-state index contributed by atoms with van der Waals surface area (Å²) in [5, 5.41) is 3.78. The molecule has 2 amide bonds. The SMILES string of the molecule is Cc1ccc(N2C[C@H](C(=O)OCC(=O)Nc3cc(Cl)ccc3Cl)CC2=O)cc1Cl. The van der Waals surface area contributed by atoms with Crippen molar-refractivity contribution in [3.05, 3.63) is 57.0 Å². The number of esters is 1. The zero-order valence-electron chi connectivity index (χ0n) is 15.4. The van der Waals surface area contributed by atoms with Crippen molar-refractivity contribution < 1.29 is 19.1 Å². The predicted octanol–water partition coefficient (Wildman–Crippen LogP) is 4.49. The maximum Gasteiger partial charge on any atom is 0.311 e. The Morgan fingerprint density at radius 3 is 2.62 bits per heavy atom. The molecular weight excluding hydrogens is 439 g/mol. The van der Waals surface area contributed by atoms with Gasteiger partial charge in [-0.15, -0.1) is 0 Å². The number of nitrogens with zero attached hydrogens (tertiary/aromatic N) is 1. The predicted molar refractivity (Wildman–Crippen MR) is 113 cm³/mol. The van der Waals surface area contributed by atoms with Gasteiger partial charge in [-0.25, -0.2) is 0 Å². The van der Waals surface area contributed by atoms with Gasteiger partial charge >= 0.3 is 5.97 Å². The van der Waals surface area contributed by atoms with Crippen LogP contribution in [0.1, 0.15) is 12.0 Å². The van der Waals surface area contributed by atoms with Crippen LogP contribution in [0.2, 0.25) is 15.1 Å². The van der Waals surface area contributed by atoms with Gasteiger partial charge in [-0.1, -0.05) is 40.9 Å². The molecule has 0 unspecified atom stereocenters. The van der Waals surface area contributed by atoms with Gasteiger partial charge in [0.25, 0.3) is 5.91 Å². The fourth-order valence-electron chi connectivity index (χ4n) is 2.90. The van der Waals surface area contributed by atoms with E-state index in [9.17, 15) is 14.4 Å². The third-order valence-electron chi connectivity index (χ3n) is 4.47. The molecule has 2 aromatic rings. The van der Waals surface area contributed by atoms with E-state index in [1.165, 1.54) is 11.0 Å². The smallest absolute Gasteiger partial charge is 0.311 e. The van der Waals surface area contributed by atoms with E-state index in [4.69, 9.17) is 39.5 Å². The van der Waals surface area contributed by atoms with Gasteiger partial charge in [0.2, 0.25) is 5.91 Å². The molecule has 2 aromatic carbocycles. The molecule has 9 heteroatoms. The molecule has 1 heterocycles. The van der Waals surface area contributed by atoms with Gasteiger partial charge in [-0.3, -0.25) is 14.4 Å². The van der Waals surface area contributed by atoms with E-state index in [0.717, 1.165) is 5.56 Å². The van der Waals surface area contributed by atoms with Crippen LogP contribution in [0.3, 0.4) is 0 Å². The van der Waals surface area contributed by atoms with Crippen LogP contribution >= 0.6 is 34.8 Å². The van der Waals surface area contributed by atoms with Gasteiger partial charge in [0.05, 0.1) is 16.6 Å². The number of anilines is 2. The van der Waals surface area contributed by atoms with E-state index in [-0.39, 0.29) is 18.9 Å². The zero-order valence-corrected chi connectivity index (χ0v) is 17.6. The average molecular weight is 456 g/mol. The molecule has 1 fully saturated rings. The molecule has 3 rings (SSSR count). The quantitative estimate of drug-likeness (QED) is 0.674. The molecule has 0 aliphatic carbocycles. The number of nitrogens with one attached hydrogen (secondary N) is 1. The highest BCUT2D eigenvalue weighted by Crippen LogP contribution is 2.29. The summed E-state index contributed by atoms with van der Waals surface area (Å²) < 4.78 is 5.07. The number of hydrogen-bond acceptors (Lipinski definition) is 4. The first kappa shape index (κ1) is 21.4. The molecule has 1 aliphatic rings. The summed E-state index contributed by atoms with van der Waals surface area (Å²) >= 11 is 18.0. The Bertz CT molecular complexity index is 980. The van der Waals surface area contributed by atoms with Crippen molar-refractivity contribution in [2.75, 3.05) is 23.4 Å². The monoisotopic (exact) mass is 454 g/mol. The van der Waals surface area contributed by atoms with E-state index in [0.29, 0.717) is 26.4 Å². The van der Waals surface area contributed by atoms with Gasteiger partial charge in [0.15, 0.2) is 6.61 Å². The number of amides is 2. The number of benzene rings is 2. The summed E-state index contributed by atoms with van der Waals surface area (Å²) in [6.07, 6.45) is 0.00602. The topological polar surface area (TPSA) is 75.7 Å². The second-order valence-corrected chi connectivity index (χ2v) is 7.87. The summed E-state index contributed by atoms with van der Waals surface area (Å²) in [5.41, 5.74) is 1.83. The van der Waals surface area contributed by atoms with Gasteiger partial charge in [-0.05, 0) is 42.8 Å². The Balaban J connectivity index is 1.56. The number of carbonyl (C=O) groups is 3. The Kier molecular flexibility index (Phi) is 6.67. The van der Waals surface area contributed by atoms with Gasteiger partial charge in [-0.2, -0.15) is 0 Å². The molecule has 0 spiro atoms. The number of rotatable bonds is 5. The van der Waals surface area contributed by atoms with E-state index >= 15 is 0 Å². The molecule has 1 saturated heterocycles. The van der Waals surface area contributed by atoms with Crippen LogP contribution in [-0.2, 0) is 19.1 Å². The largest absolute Gasteiger partial charge is 0.455 e. The molecule has 1 atom stereocenters. The highest BCUT2D eigenvalue weighted by atomic mass is 35.5. The van der Waals surface area contributed by atoms with E-state index in [1.807, 2.05) is 13.0 Å². The van der Waals surface area contributed by atoms with Crippen molar-refractivity contribution in [1.29, 1.82) is 0 Å². The highest BCUT2D eigenvalue weighted by Gasteiger charge is 2.36. The van der Waals surface area contributed by atoms with E-state index < -0.39 is 24.4 Å². The van der Waals surface area contributed by atoms with Gasteiger partial charge < -0.3 is 15.0 Å². The van der Waals surface area contributed by atoms with Gasteiger partial charge in [0, 0.05) is 28.7 Å². The first-order chi connectivity index (χ1) is 13.7. The van der Waals surface area contributed by atoms with E-state index in [2.05, 4.69) is 5.32 Å². The third kappa shape index (κ3) is 5.21. The normalized spacial score (nSPS) is 16.1. The molecule has 152 valence electrons. The maximum absolute atomic E-state index is 12.3. The number of aryl methyl sites for hydroxylation is 1. The molecular formula is C20H17Cl3N2O4. The van der Waals surface area contributed by atoms with Crippen molar-refractivity contribution in [3.8, 4) is 0 Å². The number of ether oxygens (including phenoxy) is 1. The summed E-state index contributed by atoms with van der Waals surface area (Å²) in [6.45, 7) is 1.53. The Morgan fingerprint density at radius 2 is 1.90 bits per heavy atom. The molecule has 0 radical (unpaired) electrons. The van der Waals surface area contributed by atoms with Crippen LogP contribution in [0, 0.1) is 12.8 Å². The van der Waals surface area contributed by atoms with Crippen molar-refractivity contribution >= 4 is 64.0 Å². The minimum absolute atomic E-state index is 0.00602. The average Bonchev–Trinajstić information content (AvgIpc) is 3.07. The van der Waals surface area contributed by atoms with Gasteiger partial charge in [0.1, 0.15) is 0 Å². The molecule has 1 aliphatic heterocycles. The van der Waals surface area contributed by atoms with Crippen molar-refractivity contribution in [2.45, 2.75) is 13.3 Å². The lowest BCUT2D eigenvalue weighted by Crippen LogP contribution is -2.28. The fourth-order valence-corrected chi connectivity index (χ4v) is 3.41. The summed E-state index contributed by atoms with van der Waals surface area (Å²) in [4.78, 5) is 38.1. The number of hydrogen-bond donors (Lipinski definition) is 1. The molecule has 0 aromatic heterocycles. The van der Waals surface area contributed by atoms with Crippen molar-refractivity contribution in [2.24, 2.45) is 5.92 Å². The fraction of sp³-hybridized carbons (Fsp3) is 0.250. The minimum Gasteiger partial charge on any atom is -0.455 e. The zero-order chi connectivity index (χ0) is 21.1. The lowest BCUT2D eigenvalue weighted by molar-refractivity contribution is -0.151. The molecule has 1 N–H and O–H groups in total. The lowest BCUT2D eigenvalue weighted by Gasteiger charge is -2.17. The first-order valence-corrected chi connectivity index (χ1v) is 9.86. The Morgan fingerprint density at radius 1 is 1.14 bits per heavy atom. The van der Waals surface area contributed by atoms with Crippen LogP contribution in [0.5, 0.6) is 0 Å². The number of halogens is 3. The van der Waals surface area contributed by atoms with Crippen LogP contribution in [-0.4, -0.2) is 30.9 Å². The summed E-state index contributed by atoms with van der Waals surface area (Å²) in [7, 11) is 0. The van der Waals surface area contributed by atoms with Crippen LogP contribution in [0.4, 0.5) is 11.4 Å². The van der Waals surface area contributed by atoms with E-state index in [1.54, 1.807) is 24.3 Å². The Labute approximate surface area is 182 Å². The standard InChI is InChI=1S/C20H17Cl3N2O4/c1-11-2-4-14(8-16(11)23)25-9-12(6-19(25)27)20(28)29-10-18(26)24-17-7-13(21)3-5-15(17)22/h2-5,7-8,12H,6,9-10H2,1H3,(H,24,26)/t12-/m1/s1. The minimum atomic E-state index is -0.662. The lowest BCUT2D eigenvalue weighted by atomic mass is 10.1. The maximum atomic E-state index is 12.3. The van der Waals surface area contributed by atoms with Crippen molar-refractivity contribution in [3.63, 3.8) is 0 Å². The first-order valence-electron chi connectivity index (χ1n) is 8.72. The van der Waals surface area contributed by atoms with Crippen molar-refractivity contribution in [1.82, 2.24) is 0 Å². The second-order valence-electron chi connectivity index (χ2n) is 6.62.